The lowest BCUT2D eigenvalue weighted by molar-refractivity contribution is -0.134. The Bertz CT molecular complexity index is 1010. The van der Waals surface area contributed by atoms with Crippen LogP contribution in [0.15, 0.2) is 40.9 Å². The van der Waals surface area contributed by atoms with E-state index >= 15 is 0 Å². The molecule has 0 saturated heterocycles. The molecule has 1 heterocycles. The molecule has 0 aliphatic carbocycles. The Morgan fingerprint density at radius 1 is 1.11 bits per heavy atom. The van der Waals surface area contributed by atoms with Crippen LogP contribution in [-0.4, -0.2) is 35.8 Å². The molecule has 0 radical (unpaired) electrons. The van der Waals surface area contributed by atoms with Crippen LogP contribution in [0.4, 0.5) is 0 Å². The Hall–Kier alpha value is -3.18. The van der Waals surface area contributed by atoms with Crippen molar-refractivity contribution in [1.82, 2.24) is 4.90 Å². The molecule has 1 aliphatic rings. The minimum atomic E-state index is -0.622. The van der Waals surface area contributed by atoms with Gasteiger partial charge in [0.25, 0.3) is 11.8 Å². The fraction of sp³-hybridized carbons (Fsp3) is 0.200. The third kappa shape index (κ3) is 3.89. The van der Waals surface area contributed by atoms with E-state index in [2.05, 4.69) is 15.9 Å². The van der Waals surface area contributed by atoms with Crippen LogP contribution in [0.25, 0.3) is 0 Å². The van der Waals surface area contributed by atoms with E-state index in [0.717, 1.165) is 4.90 Å². The molecule has 0 saturated carbocycles. The highest BCUT2D eigenvalue weighted by molar-refractivity contribution is 9.10. The smallest absolute Gasteiger partial charge is 0.313 e. The normalized spacial score (nSPS) is 12.5. The molecule has 142 valence electrons. The molecule has 0 bridgehead atoms. The molecule has 7 nitrogen and oxygen atoms in total. The molecule has 0 unspecified atom stereocenters. The minimum absolute atomic E-state index is 0.0942. The van der Waals surface area contributed by atoms with Crippen molar-refractivity contribution in [2.45, 2.75) is 13.3 Å². The van der Waals surface area contributed by atoms with E-state index in [1.807, 2.05) is 6.07 Å². The first kappa shape index (κ1) is 19.6. The monoisotopic (exact) mass is 442 g/mol. The summed E-state index contributed by atoms with van der Waals surface area (Å²) in [7, 11) is 0. The van der Waals surface area contributed by atoms with Crippen LogP contribution >= 0.6 is 15.9 Å². The summed E-state index contributed by atoms with van der Waals surface area (Å²) in [5, 5.41) is 8.96. The summed E-state index contributed by atoms with van der Waals surface area (Å²) in [4.78, 5) is 38.1. The number of nitrogens with zero attached hydrogens (tertiary/aromatic N) is 2. The molecule has 2 amide bonds. The quantitative estimate of drug-likeness (QED) is 0.386. The summed E-state index contributed by atoms with van der Waals surface area (Å²) in [5.74, 6) is -1.04. The zero-order valence-corrected chi connectivity index (χ0v) is 16.5. The number of halogens is 1. The highest BCUT2D eigenvalue weighted by atomic mass is 79.9. The molecule has 0 atom stereocenters. The van der Waals surface area contributed by atoms with Gasteiger partial charge in [-0.05, 0) is 37.3 Å². The van der Waals surface area contributed by atoms with Crippen LogP contribution in [0, 0.1) is 11.3 Å². The van der Waals surface area contributed by atoms with E-state index in [0.29, 0.717) is 27.8 Å². The van der Waals surface area contributed by atoms with Crippen molar-refractivity contribution in [2.24, 2.45) is 0 Å². The zero-order chi connectivity index (χ0) is 20.3. The SMILES string of the molecule is CCOc1cc(C#N)ccc1OC(=O)CCN1C(=O)c2ccc(Br)cc2C1=O. The molecule has 0 aromatic heterocycles. The molecular formula is C20H15BrN2O5. The molecule has 0 spiro atoms. The van der Waals surface area contributed by atoms with Crippen LogP contribution in [0.5, 0.6) is 11.5 Å². The molecule has 2 aromatic rings. The van der Waals surface area contributed by atoms with E-state index in [1.165, 1.54) is 18.2 Å². The maximum Gasteiger partial charge on any atom is 0.313 e. The second kappa shape index (κ2) is 8.23. The number of nitriles is 1. The largest absolute Gasteiger partial charge is 0.490 e. The van der Waals surface area contributed by atoms with Gasteiger partial charge in [0.05, 0.1) is 35.8 Å². The summed E-state index contributed by atoms with van der Waals surface area (Å²) in [5.41, 5.74) is 0.992. The molecular weight excluding hydrogens is 428 g/mol. The van der Waals surface area contributed by atoms with Crippen molar-refractivity contribution in [2.75, 3.05) is 13.2 Å². The van der Waals surface area contributed by atoms with E-state index < -0.39 is 17.8 Å². The molecule has 3 rings (SSSR count). The van der Waals surface area contributed by atoms with E-state index in [-0.39, 0.29) is 24.5 Å². The Morgan fingerprint density at radius 3 is 2.57 bits per heavy atom. The fourth-order valence-corrected chi connectivity index (χ4v) is 3.13. The average Bonchev–Trinajstić information content (AvgIpc) is 2.91. The highest BCUT2D eigenvalue weighted by Crippen LogP contribution is 2.29. The van der Waals surface area contributed by atoms with Gasteiger partial charge in [0.15, 0.2) is 11.5 Å². The van der Waals surface area contributed by atoms with Gasteiger partial charge in [-0.3, -0.25) is 19.3 Å². The van der Waals surface area contributed by atoms with Gasteiger partial charge in [0.2, 0.25) is 0 Å². The van der Waals surface area contributed by atoms with Crippen molar-refractivity contribution < 1.29 is 23.9 Å². The minimum Gasteiger partial charge on any atom is -0.490 e. The van der Waals surface area contributed by atoms with E-state index in [4.69, 9.17) is 14.7 Å². The lowest BCUT2D eigenvalue weighted by atomic mass is 10.1. The maximum atomic E-state index is 12.4. The Balaban J connectivity index is 1.66. The lowest BCUT2D eigenvalue weighted by Gasteiger charge is -2.14. The van der Waals surface area contributed by atoms with Gasteiger partial charge >= 0.3 is 5.97 Å². The van der Waals surface area contributed by atoms with Crippen LogP contribution in [0.1, 0.15) is 39.6 Å². The number of hydrogen-bond acceptors (Lipinski definition) is 6. The van der Waals surface area contributed by atoms with Gasteiger partial charge in [-0.1, -0.05) is 15.9 Å². The number of imide groups is 1. The number of carbonyl (C=O) groups excluding carboxylic acids is 3. The predicted octanol–water partition coefficient (Wildman–Crippen LogP) is 3.31. The first-order valence-corrected chi connectivity index (χ1v) is 9.27. The summed E-state index contributed by atoms with van der Waals surface area (Å²) >= 11 is 3.27. The topological polar surface area (TPSA) is 96.7 Å². The molecule has 2 aromatic carbocycles. The lowest BCUT2D eigenvalue weighted by Crippen LogP contribution is -2.32. The van der Waals surface area contributed by atoms with Gasteiger partial charge in [-0.25, -0.2) is 0 Å². The van der Waals surface area contributed by atoms with E-state index in [9.17, 15) is 14.4 Å². The highest BCUT2D eigenvalue weighted by Gasteiger charge is 2.35. The number of carbonyl (C=O) groups is 3. The third-order valence-electron chi connectivity index (χ3n) is 4.07. The Kier molecular flexibility index (Phi) is 5.76. The van der Waals surface area contributed by atoms with Gasteiger partial charge in [0.1, 0.15) is 0 Å². The third-order valence-corrected chi connectivity index (χ3v) is 4.56. The summed E-state index contributed by atoms with van der Waals surface area (Å²) in [6.07, 6.45) is -0.168. The first-order chi connectivity index (χ1) is 13.4. The fourth-order valence-electron chi connectivity index (χ4n) is 2.77. The second-order valence-electron chi connectivity index (χ2n) is 5.88. The van der Waals surface area contributed by atoms with Crippen LogP contribution in [0.2, 0.25) is 0 Å². The summed E-state index contributed by atoms with van der Waals surface area (Å²) in [6, 6.07) is 11.3. The molecule has 0 N–H and O–H groups in total. The number of ether oxygens (including phenoxy) is 2. The average molecular weight is 443 g/mol. The van der Waals surface area contributed by atoms with Crippen LogP contribution in [-0.2, 0) is 4.79 Å². The van der Waals surface area contributed by atoms with Gasteiger partial charge in [-0.2, -0.15) is 5.26 Å². The Labute approximate surface area is 169 Å². The van der Waals surface area contributed by atoms with Gasteiger partial charge in [0, 0.05) is 17.1 Å². The van der Waals surface area contributed by atoms with Crippen molar-refractivity contribution in [3.05, 3.63) is 57.6 Å². The van der Waals surface area contributed by atoms with Crippen molar-refractivity contribution in [1.29, 1.82) is 5.26 Å². The summed E-state index contributed by atoms with van der Waals surface area (Å²) in [6.45, 7) is 2.01. The molecule has 28 heavy (non-hydrogen) atoms. The van der Waals surface area contributed by atoms with E-state index in [1.54, 1.807) is 25.1 Å². The van der Waals surface area contributed by atoms with Crippen LogP contribution in [0.3, 0.4) is 0 Å². The molecule has 0 fully saturated rings. The number of esters is 1. The number of fused-ring (bicyclic) bond motifs is 1. The maximum absolute atomic E-state index is 12.4. The van der Waals surface area contributed by atoms with Gasteiger partial charge in [-0.15, -0.1) is 0 Å². The zero-order valence-electron chi connectivity index (χ0n) is 14.9. The van der Waals surface area contributed by atoms with Gasteiger partial charge < -0.3 is 9.47 Å². The molecule has 1 aliphatic heterocycles. The molecule has 8 heteroatoms. The summed E-state index contributed by atoms with van der Waals surface area (Å²) < 4.78 is 11.4. The van der Waals surface area contributed by atoms with Crippen LogP contribution < -0.4 is 9.47 Å². The van der Waals surface area contributed by atoms with Crippen molar-refractivity contribution in [3.63, 3.8) is 0 Å². The number of hydrogen-bond donors (Lipinski definition) is 0. The number of rotatable bonds is 6. The van der Waals surface area contributed by atoms with Crippen molar-refractivity contribution >= 4 is 33.7 Å². The second-order valence-corrected chi connectivity index (χ2v) is 6.80. The standard InChI is InChI=1S/C20H15BrN2O5/c1-2-27-17-9-12(11-22)3-6-16(17)28-18(24)7-8-23-19(25)14-5-4-13(21)10-15(14)20(23)26/h3-6,9-10H,2,7-8H2,1H3. The predicted molar refractivity (Wildman–Crippen MR) is 102 cm³/mol. The number of amides is 2. The first-order valence-electron chi connectivity index (χ1n) is 8.48. The number of benzene rings is 2. The van der Waals surface area contributed by atoms with Crippen molar-refractivity contribution in [3.8, 4) is 17.6 Å². The Morgan fingerprint density at radius 2 is 1.86 bits per heavy atom.